The van der Waals surface area contributed by atoms with Crippen LogP contribution >= 0.6 is 0 Å². The highest BCUT2D eigenvalue weighted by Gasteiger charge is 2.40. The molecule has 60 heavy (non-hydrogen) atoms. The third kappa shape index (κ3) is 5.79. The molecule has 7 nitrogen and oxygen atoms in total. The average Bonchev–Trinajstić information content (AvgIpc) is 3.79. The van der Waals surface area contributed by atoms with E-state index in [1.165, 1.54) is 4.90 Å². The van der Waals surface area contributed by atoms with Gasteiger partial charge in [-0.25, -0.2) is 19.9 Å². The normalized spacial score (nSPS) is 12.4. The molecule has 7 heteroatoms. The number of aromatic nitrogens is 4. The molecule has 0 N–H and O–H groups in total. The first-order chi connectivity index (χ1) is 29.6. The van der Waals surface area contributed by atoms with Crippen molar-refractivity contribution in [3.8, 4) is 62.1 Å². The van der Waals surface area contributed by atoms with Crippen LogP contribution in [0.1, 0.15) is 20.7 Å². The summed E-state index contributed by atoms with van der Waals surface area (Å²) in [6.07, 6.45) is 0. The lowest BCUT2D eigenvalue weighted by atomic mass is 9.97. The van der Waals surface area contributed by atoms with Gasteiger partial charge in [0.15, 0.2) is 17.5 Å². The lowest BCUT2D eigenvalue weighted by molar-refractivity contribution is 0.0926. The highest BCUT2D eigenvalue weighted by molar-refractivity contribution is 6.36. The third-order valence-electron chi connectivity index (χ3n) is 11.2. The Bertz CT molecular complexity index is 3230. The molecule has 0 atom stereocenters. The van der Waals surface area contributed by atoms with E-state index in [0.717, 1.165) is 60.8 Å². The number of carbonyl (C=O) groups is 2. The summed E-state index contributed by atoms with van der Waals surface area (Å²) in [5, 5.41) is 2.00. The largest absolute Gasteiger partial charge is 0.308 e. The molecule has 0 radical (unpaired) electrons. The molecule has 0 spiro atoms. The van der Waals surface area contributed by atoms with E-state index >= 15 is 4.79 Å². The van der Waals surface area contributed by atoms with E-state index in [1.807, 2.05) is 176 Å². The van der Waals surface area contributed by atoms with Gasteiger partial charge in [0.25, 0.3) is 11.8 Å². The molecule has 0 unspecified atom stereocenters. The van der Waals surface area contributed by atoms with E-state index in [1.54, 1.807) is 6.07 Å². The summed E-state index contributed by atoms with van der Waals surface area (Å²) < 4.78 is 2.09. The van der Waals surface area contributed by atoms with Crippen molar-refractivity contribution in [1.29, 1.82) is 0 Å². The van der Waals surface area contributed by atoms with E-state index in [2.05, 4.69) is 22.8 Å². The summed E-state index contributed by atoms with van der Waals surface area (Å²) in [6.45, 7) is 0. The van der Waals surface area contributed by atoms with Crippen molar-refractivity contribution < 1.29 is 9.59 Å². The van der Waals surface area contributed by atoms with Crippen molar-refractivity contribution in [2.24, 2.45) is 0 Å². The molecule has 0 saturated carbocycles. The Balaban J connectivity index is 1.10. The molecule has 3 heterocycles. The van der Waals surface area contributed by atoms with Crippen molar-refractivity contribution in [3.05, 3.63) is 211 Å². The first-order valence-corrected chi connectivity index (χ1v) is 19.8. The van der Waals surface area contributed by atoms with Gasteiger partial charge in [0.05, 0.1) is 33.5 Å². The molecule has 0 aliphatic carbocycles. The van der Waals surface area contributed by atoms with Crippen molar-refractivity contribution in [2.75, 3.05) is 4.90 Å². The van der Waals surface area contributed by atoms with Crippen LogP contribution in [0.2, 0.25) is 0 Å². The second kappa shape index (κ2) is 14.3. The second-order valence-electron chi connectivity index (χ2n) is 14.7. The molecule has 2 amide bonds. The van der Waals surface area contributed by atoms with Gasteiger partial charge in [-0.3, -0.25) is 9.59 Å². The van der Waals surface area contributed by atoms with E-state index in [4.69, 9.17) is 15.0 Å². The molecule has 2 aromatic heterocycles. The predicted molar refractivity (Wildman–Crippen MR) is 239 cm³/mol. The Morgan fingerprint density at radius 3 is 1.52 bits per heavy atom. The lowest BCUT2D eigenvalue weighted by Gasteiger charge is -2.20. The fourth-order valence-corrected chi connectivity index (χ4v) is 8.37. The van der Waals surface area contributed by atoms with Crippen molar-refractivity contribution in [3.63, 3.8) is 0 Å². The van der Waals surface area contributed by atoms with Crippen LogP contribution in [-0.4, -0.2) is 31.3 Å². The Hall–Kier alpha value is -8.29. The van der Waals surface area contributed by atoms with Gasteiger partial charge in [0.1, 0.15) is 0 Å². The maximum absolute atomic E-state index is 15.1. The zero-order chi connectivity index (χ0) is 40.2. The van der Waals surface area contributed by atoms with Gasteiger partial charge >= 0.3 is 0 Å². The summed E-state index contributed by atoms with van der Waals surface area (Å²) >= 11 is 0. The van der Waals surface area contributed by atoms with Crippen LogP contribution in [0.15, 0.2) is 200 Å². The standard InChI is InChI=1S/C53H33N5O2/c59-52-43-25-15-27-45(48(43)53(60)58(52)46-32-38(34-16-5-1-6-17-34)28-30-40(46)35-18-7-2-8-19-35)57-44-26-14-13-24-41(44)42-31-29-39(33-47(42)57)51-55-49(36-20-9-3-10-21-36)54-50(56-51)37-22-11-4-12-23-37/h1-33H. The first kappa shape index (κ1) is 34.9. The number of amides is 2. The van der Waals surface area contributed by atoms with Crippen LogP contribution in [0, 0.1) is 0 Å². The quantitative estimate of drug-likeness (QED) is 0.151. The van der Waals surface area contributed by atoms with E-state index in [-0.39, 0.29) is 11.8 Å². The zero-order valence-electron chi connectivity index (χ0n) is 32.1. The Labute approximate surface area is 345 Å². The molecule has 10 aromatic rings. The monoisotopic (exact) mass is 771 g/mol. The van der Waals surface area contributed by atoms with Gasteiger partial charge in [-0.2, -0.15) is 0 Å². The minimum Gasteiger partial charge on any atom is -0.308 e. The third-order valence-corrected chi connectivity index (χ3v) is 11.2. The van der Waals surface area contributed by atoms with E-state index < -0.39 is 0 Å². The molecule has 0 saturated heterocycles. The van der Waals surface area contributed by atoms with Gasteiger partial charge in [0, 0.05) is 33.0 Å². The number of anilines is 1. The molecule has 282 valence electrons. The highest BCUT2D eigenvalue weighted by atomic mass is 16.2. The van der Waals surface area contributed by atoms with Gasteiger partial charge in [0.2, 0.25) is 0 Å². The molecule has 8 aromatic carbocycles. The van der Waals surface area contributed by atoms with Crippen LogP contribution in [0.25, 0.3) is 83.9 Å². The molecular weight excluding hydrogens is 739 g/mol. The van der Waals surface area contributed by atoms with Gasteiger partial charge in [-0.05, 0) is 47.0 Å². The van der Waals surface area contributed by atoms with E-state index in [0.29, 0.717) is 40.0 Å². The number of nitrogens with zero attached hydrogens (tertiary/aromatic N) is 5. The maximum atomic E-state index is 15.1. The van der Waals surface area contributed by atoms with Crippen LogP contribution < -0.4 is 4.90 Å². The second-order valence-corrected chi connectivity index (χ2v) is 14.7. The molecule has 11 rings (SSSR count). The topological polar surface area (TPSA) is 81.0 Å². The fraction of sp³-hybridized carbons (Fsp3) is 0. The number of rotatable bonds is 7. The van der Waals surface area contributed by atoms with E-state index in [9.17, 15) is 4.79 Å². The Morgan fingerprint density at radius 2 is 0.867 bits per heavy atom. The number of imide groups is 1. The van der Waals surface area contributed by atoms with Crippen molar-refractivity contribution in [2.45, 2.75) is 0 Å². The van der Waals surface area contributed by atoms with Crippen LogP contribution in [-0.2, 0) is 0 Å². The number of para-hydroxylation sites is 1. The SMILES string of the molecule is O=C1c2cccc(-n3c4ccccc4c4ccc(-c5nc(-c6ccccc6)nc(-c6ccccc6)n5)cc43)c2C(=O)N1c1cc(-c2ccccc2)ccc1-c1ccccc1. The lowest BCUT2D eigenvalue weighted by Crippen LogP contribution is -2.30. The Kier molecular flexibility index (Phi) is 8.30. The van der Waals surface area contributed by atoms with Crippen LogP contribution in [0.5, 0.6) is 0 Å². The number of benzene rings is 8. The first-order valence-electron chi connectivity index (χ1n) is 19.8. The molecule has 1 aliphatic rings. The number of hydrogen-bond donors (Lipinski definition) is 0. The molecule has 0 fully saturated rings. The summed E-state index contributed by atoms with van der Waals surface area (Å²) in [7, 11) is 0. The minimum absolute atomic E-state index is 0.345. The minimum atomic E-state index is -0.382. The fourth-order valence-electron chi connectivity index (χ4n) is 8.37. The summed E-state index contributed by atoms with van der Waals surface area (Å²) in [6, 6.07) is 65.5. The van der Waals surface area contributed by atoms with Crippen molar-refractivity contribution >= 4 is 39.3 Å². The molecule has 0 bridgehead atoms. The summed E-state index contributed by atoms with van der Waals surface area (Å²) in [4.78, 5) is 46.1. The molecule has 1 aliphatic heterocycles. The number of hydrogen-bond acceptors (Lipinski definition) is 5. The number of fused-ring (bicyclic) bond motifs is 4. The van der Waals surface area contributed by atoms with Crippen LogP contribution in [0.3, 0.4) is 0 Å². The summed E-state index contributed by atoms with van der Waals surface area (Å²) in [5.41, 5.74) is 9.71. The maximum Gasteiger partial charge on any atom is 0.268 e. The molecular formula is C53H33N5O2. The van der Waals surface area contributed by atoms with Crippen molar-refractivity contribution in [1.82, 2.24) is 19.5 Å². The Morgan fingerprint density at radius 1 is 0.333 bits per heavy atom. The van der Waals surface area contributed by atoms with Crippen LogP contribution in [0.4, 0.5) is 5.69 Å². The predicted octanol–water partition coefficient (Wildman–Crippen LogP) is 12.1. The van der Waals surface area contributed by atoms with Gasteiger partial charge < -0.3 is 4.57 Å². The zero-order valence-corrected chi connectivity index (χ0v) is 32.1. The smallest absolute Gasteiger partial charge is 0.268 e. The van der Waals surface area contributed by atoms with Gasteiger partial charge in [-0.1, -0.05) is 170 Å². The number of carbonyl (C=O) groups excluding carboxylic acids is 2. The highest BCUT2D eigenvalue weighted by Crippen LogP contribution is 2.42. The van der Waals surface area contributed by atoms with Gasteiger partial charge in [-0.15, -0.1) is 0 Å². The average molecular weight is 772 g/mol. The summed E-state index contributed by atoms with van der Waals surface area (Å²) in [5.74, 6) is 0.900.